The number of imidazole rings is 1. The van der Waals surface area contributed by atoms with Gasteiger partial charge in [0.25, 0.3) is 11.7 Å². The van der Waals surface area contributed by atoms with Crippen LogP contribution in [0.25, 0.3) is 11.0 Å². The second-order valence-corrected chi connectivity index (χ2v) is 7.19. The summed E-state index contributed by atoms with van der Waals surface area (Å²) in [6, 6.07) is 11.9. The van der Waals surface area contributed by atoms with Crippen LogP contribution in [-0.4, -0.2) is 23.1 Å². The third-order valence-electron chi connectivity index (χ3n) is 4.97. The maximum absolute atomic E-state index is 12.9. The number of esters is 1. The van der Waals surface area contributed by atoms with Crippen LogP contribution in [0.5, 0.6) is 0 Å². The fourth-order valence-electron chi connectivity index (χ4n) is 3.55. The summed E-state index contributed by atoms with van der Waals surface area (Å²) in [5.74, 6) is 0.403. The molecule has 0 radical (unpaired) electrons. The summed E-state index contributed by atoms with van der Waals surface area (Å²) in [7, 11) is 0. The number of carbonyl (C=O) groups excluding carboxylic acids is 2. The number of nitrogens with one attached hydrogen (secondary N) is 1. The van der Waals surface area contributed by atoms with Crippen molar-refractivity contribution in [1.82, 2.24) is 4.57 Å². The van der Waals surface area contributed by atoms with Crippen LogP contribution >= 0.6 is 11.6 Å². The number of benzene rings is 2. The summed E-state index contributed by atoms with van der Waals surface area (Å²) in [5.41, 5.74) is 2.92. The van der Waals surface area contributed by atoms with Gasteiger partial charge in [0.05, 0.1) is 18.7 Å². The van der Waals surface area contributed by atoms with Gasteiger partial charge < -0.3 is 10.1 Å². The van der Waals surface area contributed by atoms with E-state index in [4.69, 9.17) is 16.3 Å². The molecule has 0 bridgehead atoms. The largest absolute Gasteiger partial charge is 0.462 e. The molecule has 3 aromatic rings. The SMILES string of the molecule is CCOC(=O)c1ccc2c(c1)n([C@H](C)C(=O)Nc1ccc(Cl)cc1)c(C)[n+]2CC. The molecule has 0 aliphatic heterocycles. The van der Waals surface area contributed by atoms with Gasteiger partial charge in [0.1, 0.15) is 0 Å². The molecular formula is C22H25ClN3O3+. The zero-order valence-corrected chi connectivity index (χ0v) is 17.8. The highest BCUT2D eigenvalue weighted by molar-refractivity contribution is 6.30. The van der Waals surface area contributed by atoms with Gasteiger partial charge in [-0.15, -0.1) is 0 Å². The van der Waals surface area contributed by atoms with Gasteiger partial charge >= 0.3 is 5.97 Å². The van der Waals surface area contributed by atoms with Gasteiger partial charge in [-0.3, -0.25) is 4.79 Å². The Morgan fingerprint density at radius 1 is 1.17 bits per heavy atom. The van der Waals surface area contributed by atoms with E-state index in [9.17, 15) is 9.59 Å². The lowest BCUT2D eigenvalue weighted by Crippen LogP contribution is -2.36. The Morgan fingerprint density at radius 3 is 2.48 bits per heavy atom. The average Bonchev–Trinajstić information content (AvgIpc) is 2.99. The number of hydrogen-bond acceptors (Lipinski definition) is 3. The third kappa shape index (κ3) is 4.12. The Hall–Kier alpha value is -2.86. The van der Waals surface area contributed by atoms with Crippen molar-refractivity contribution in [3.8, 4) is 0 Å². The van der Waals surface area contributed by atoms with Crippen LogP contribution in [0.2, 0.25) is 5.02 Å². The first-order valence-electron chi connectivity index (χ1n) is 9.65. The maximum Gasteiger partial charge on any atom is 0.338 e. The molecule has 1 aromatic heterocycles. The summed E-state index contributed by atoms with van der Waals surface area (Å²) in [5, 5.41) is 3.53. The topological polar surface area (TPSA) is 64.2 Å². The van der Waals surface area contributed by atoms with Gasteiger partial charge in [-0.25, -0.2) is 13.9 Å². The first-order valence-corrected chi connectivity index (χ1v) is 10.0. The number of hydrogen-bond donors (Lipinski definition) is 1. The smallest absolute Gasteiger partial charge is 0.338 e. The van der Waals surface area contributed by atoms with Gasteiger partial charge in [-0.2, -0.15) is 0 Å². The minimum Gasteiger partial charge on any atom is -0.462 e. The van der Waals surface area contributed by atoms with E-state index in [0.717, 1.165) is 23.4 Å². The van der Waals surface area contributed by atoms with E-state index >= 15 is 0 Å². The minimum absolute atomic E-state index is 0.155. The molecule has 0 fully saturated rings. The van der Waals surface area contributed by atoms with E-state index < -0.39 is 6.04 Å². The van der Waals surface area contributed by atoms with Crippen molar-refractivity contribution >= 4 is 40.2 Å². The molecular weight excluding hydrogens is 390 g/mol. The van der Waals surface area contributed by atoms with Gasteiger partial charge in [0.15, 0.2) is 17.1 Å². The molecule has 1 heterocycles. The fraction of sp³-hybridized carbons (Fsp3) is 0.318. The number of halogens is 1. The van der Waals surface area contributed by atoms with Gasteiger partial charge in [-0.1, -0.05) is 11.6 Å². The number of anilines is 1. The summed E-state index contributed by atoms with van der Waals surface area (Å²) in [6.45, 7) is 8.70. The standard InChI is InChI=1S/C22H24ClN3O3/c1-5-25-15(4)26(14(3)21(27)24-18-10-8-17(23)9-11-18)20-13-16(7-12-19(20)25)22(28)29-6-2/h7-14H,5-6H2,1-4H3/p+1/t14-/m1/s1. The molecule has 7 heteroatoms. The molecule has 0 saturated carbocycles. The molecule has 29 heavy (non-hydrogen) atoms. The van der Waals surface area contributed by atoms with Crippen molar-refractivity contribution in [1.29, 1.82) is 0 Å². The Kier molecular flexibility index (Phi) is 6.23. The lowest BCUT2D eigenvalue weighted by molar-refractivity contribution is -0.675. The first-order chi connectivity index (χ1) is 13.9. The number of nitrogens with zero attached hydrogens (tertiary/aromatic N) is 2. The number of ether oxygens (including phenoxy) is 1. The zero-order chi connectivity index (χ0) is 21.1. The molecule has 0 unspecified atom stereocenters. The number of amides is 1. The number of fused-ring (bicyclic) bond motifs is 1. The van der Waals surface area contributed by atoms with Gasteiger partial charge in [0.2, 0.25) is 0 Å². The molecule has 0 aliphatic rings. The Morgan fingerprint density at radius 2 is 1.86 bits per heavy atom. The van der Waals surface area contributed by atoms with E-state index in [0.29, 0.717) is 22.9 Å². The maximum atomic E-state index is 12.9. The van der Waals surface area contributed by atoms with Crippen LogP contribution in [-0.2, 0) is 16.1 Å². The zero-order valence-electron chi connectivity index (χ0n) is 17.0. The molecule has 0 saturated heterocycles. The van der Waals surface area contributed by atoms with E-state index in [-0.39, 0.29) is 11.9 Å². The van der Waals surface area contributed by atoms with Crippen molar-refractivity contribution < 1.29 is 18.9 Å². The summed E-state index contributed by atoms with van der Waals surface area (Å²) >= 11 is 5.92. The van der Waals surface area contributed by atoms with Crippen LogP contribution in [0.15, 0.2) is 42.5 Å². The van der Waals surface area contributed by atoms with Crippen molar-refractivity contribution in [3.05, 3.63) is 58.9 Å². The summed E-state index contributed by atoms with van der Waals surface area (Å²) in [4.78, 5) is 25.2. The first kappa shape index (κ1) is 20.9. The van der Waals surface area contributed by atoms with Gasteiger partial charge in [0, 0.05) is 23.7 Å². The van der Waals surface area contributed by atoms with Crippen molar-refractivity contribution in [2.24, 2.45) is 0 Å². The van der Waals surface area contributed by atoms with Crippen LogP contribution in [0.4, 0.5) is 5.69 Å². The minimum atomic E-state index is -0.488. The molecule has 1 amide bonds. The van der Waals surface area contributed by atoms with E-state index in [2.05, 4.69) is 16.8 Å². The molecule has 152 valence electrons. The van der Waals surface area contributed by atoms with Crippen molar-refractivity contribution in [2.45, 2.75) is 40.3 Å². The molecule has 0 aliphatic carbocycles. The van der Waals surface area contributed by atoms with Crippen LogP contribution in [0.3, 0.4) is 0 Å². The highest BCUT2D eigenvalue weighted by Gasteiger charge is 2.30. The Balaban J connectivity index is 2.02. The number of aromatic nitrogens is 2. The predicted molar refractivity (Wildman–Crippen MR) is 113 cm³/mol. The molecule has 6 nitrogen and oxygen atoms in total. The summed E-state index contributed by atoms with van der Waals surface area (Å²) < 4.78 is 9.20. The predicted octanol–water partition coefficient (Wildman–Crippen LogP) is 4.29. The molecule has 1 atom stereocenters. The molecule has 0 spiro atoms. The fourth-order valence-corrected chi connectivity index (χ4v) is 3.68. The number of rotatable bonds is 6. The van der Waals surface area contributed by atoms with Crippen LogP contribution < -0.4 is 9.88 Å². The van der Waals surface area contributed by atoms with Crippen LogP contribution in [0.1, 0.15) is 43.0 Å². The monoisotopic (exact) mass is 414 g/mol. The normalized spacial score (nSPS) is 12.0. The van der Waals surface area contributed by atoms with E-state index in [1.807, 2.05) is 24.5 Å². The second kappa shape index (κ2) is 8.66. The lowest BCUT2D eigenvalue weighted by Gasteiger charge is -2.12. The Labute approximate surface area is 175 Å². The Bertz CT molecular complexity index is 1060. The lowest BCUT2D eigenvalue weighted by atomic mass is 10.2. The van der Waals surface area contributed by atoms with E-state index in [1.165, 1.54) is 0 Å². The number of carbonyl (C=O) groups is 2. The quantitative estimate of drug-likeness (QED) is 0.483. The average molecular weight is 415 g/mol. The molecule has 2 aromatic carbocycles. The van der Waals surface area contributed by atoms with Crippen LogP contribution in [0, 0.1) is 6.92 Å². The van der Waals surface area contributed by atoms with Crippen molar-refractivity contribution in [2.75, 3.05) is 11.9 Å². The van der Waals surface area contributed by atoms with Gasteiger partial charge in [-0.05, 0) is 57.2 Å². The van der Waals surface area contributed by atoms with Crippen molar-refractivity contribution in [3.63, 3.8) is 0 Å². The van der Waals surface area contributed by atoms with E-state index in [1.54, 1.807) is 43.3 Å². The number of aryl methyl sites for hydroxylation is 1. The highest BCUT2D eigenvalue weighted by atomic mass is 35.5. The summed E-state index contributed by atoms with van der Waals surface area (Å²) in [6.07, 6.45) is 0. The molecule has 1 N–H and O–H groups in total. The second-order valence-electron chi connectivity index (χ2n) is 6.76. The highest BCUT2D eigenvalue weighted by Crippen LogP contribution is 2.23. The third-order valence-corrected chi connectivity index (χ3v) is 5.22. The molecule has 3 rings (SSSR count).